The topological polar surface area (TPSA) is 56.8 Å². The Morgan fingerprint density at radius 1 is 1.19 bits per heavy atom. The van der Waals surface area contributed by atoms with Crippen molar-refractivity contribution in [1.82, 2.24) is 0 Å². The Kier molecular flexibility index (Phi) is 2.89. The Morgan fingerprint density at radius 2 is 1.75 bits per heavy atom. The molecular weight excluding hydrogens is 203 g/mol. The van der Waals surface area contributed by atoms with Crippen molar-refractivity contribution in [3.8, 4) is 0 Å². The van der Waals surface area contributed by atoms with Gasteiger partial charge in [-0.2, -0.15) is 0 Å². The van der Waals surface area contributed by atoms with E-state index >= 15 is 0 Å². The van der Waals surface area contributed by atoms with E-state index in [2.05, 4.69) is 32.7 Å². The normalized spacial score (nSPS) is 36.7. The smallest absolute Gasteiger partial charge is 0.403 e. The molecule has 0 bridgehead atoms. The van der Waals surface area contributed by atoms with Gasteiger partial charge in [0.15, 0.2) is 0 Å². The van der Waals surface area contributed by atoms with Crippen LogP contribution in [0.1, 0.15) is 40.5 Å². The van der Waals surface area contributed by atoms with E-state index in [1.54, 1.807) is 0 Å². The molecule has 0 amide bonds. The van der Waals surface area contributed by atoms with Crippen molar-refractivity contribution in [1.29, 1.82) is 0 Å². The number of nitrogens with two attached hydrogens (primary N) is 1. The summed E-state index contributed by atoms with van der Waals surface area (Å²) in [6.45, 7) is 8.27. The van der Waals surface area contributed by atoms with Gasteiger partial charge in [0, 0.05) is 12.0 Å². The van der Waals surface area contributed by atoms with Gasteiger partial charge in [0.25, 0.3) is 0 Å². The summed E-state index contributed by atoms with van der Waals surface area (Å²) in [5, 5.41) is 0. The number of rotatable bonds is 1. The van der Waals surface area contributed by atoms with E-state index in [1.807, 2.05) is 6.21 Å². The largest absolute Gasteiger partial charge is 0.466 e. The lowest BCUT2D eigenvalue weighted by Crippen LogP contribution is -2.41. The lowest BCUT2D eigenvalue weighted by atomic mass is 9.69. The second-order valence-corrected chi connectivity index (χ2v) is 5.73. The Morgan fingerprint density at radius 3 is 2.19 bits per heavy atom. The Labute approximate surface area is 97.7 Å². The van der Waals surface area contributed by atoms with Crippen molar-refractivity contribution in [2.75, 3.05) is 0 Å². The zero-order valence-electron chi connectivity index (χ0n) is 10.6. The van der Waals surface area contributed by atoms with Crippen molar-refractivity contribution in [2.45, 2.75) is 63.7 Å². The van der Waals surface area contributed by atoms with Crippen LogP contribution in [-0.4, -0.2) is 30.7 Å². The predicted molar refractivity (Wildman–Crippen MR) is 65.5 cm³/mol. The number of aliphatic imine (C=N–C) groups is 1. The fourth-order valence-electron chi connectivity index (χ4n) is 2.00. The fraction of sp³-hybridized carbons (Fsp3) is 0.909. The van der Waals surface area contributed by atoms with Crippen LogP contribution in [0.15, 0.2) is 4.99 Å². The molecule has 90 valence electrons. The van der Waals surface area contributed by atoms with Crippen LogP contribution in [0.4, 0.5) is 0 Å². The maximum Gasteiger partial charge on any atom is 0.466 e. The predicted octanol–water partition coefficient (Wildman–Crippen LogP) is 1.60. The van der Waals surface area contributed by atoms with E-state index in [9.17, 15) is 0 Å². The van der Waals surface area contributed by atoms with Crippen LogP contribution in [0.3, 0.4) is 0 Å². The highest BCUT2D eigenvalue weighted by Gasteiger charge is 2.53. The first-order valence-corrected chi connectivity index (χ1v) is 5.96. The minimum absolute atomic E-state index is 0.0429. The summed E-state index contributed by atoms with van der Waals surface area (Å²) in [5.74, 6) is 0.237. The molecule has 2 aliphatic rings. The van der Waals surface area contributed by atoms with Gasteiger partial charge in [-0.15, -0.1) is 0 Å². The van der Waals surface area contributed by atoms with Crippen LogP contribution in [0, 0.1) is 0 Å². The van der Waals surface area contributed by atoms with Crippen molar-refractivity contribution in [3.05, 3.63) is 0 Å². The highest BCUT2D eigenvalue weighted by molar-refractivity contribution is 6.51. The van der Waals surface area contributed by atoms with Gasteiger partial charge < -0.3 is 15.0 Å². The van der Waals surface area contributed by atoms with Crippen molar-refractivity contribution >= 4 is 13.3 Å². The number of nitrogens with zero attached hydrogens (tertiary/aromatic N) is 1. The van der Waals surface area contributed by atoms with Gasteiger partial charge in [0.05, 0.1) is 17.4 Å². The minimum atomic E-state index is -0.259. The standard InChI is InChI=1S/C11H21BN2O2/c1-10(2)11(3,4)16-12(15-10)8-5-6-9(13)14-7-8/h7-9H,5-6,13H2,1-4H3. The molecule has 2 atom stereocenters. The van der Waals surface area contributed by atoms with Crippen LogP contribution in [0.25, 0.3) is 0 Å². The number of hydrogen-bond acceptors (Lipinski definition) is 4. The molecule has 2 aliphatic heterocycles. The van der Waals surface area contributed by atoms with Gasteiger partial charge in [-0.25, -0.2) is 0 Å². The summed E-state index contributed by atoms with van der Waals surface area (Å²) >= 11 is 0. The monoisotopic (exact) mass is 224 g/mol. The van der Waals surface area contributed by atoms with Crippen molar-refractivity contribution in [3.63, 3.8) is 0 Å². The molecule has 0 saturated carbocycles. The lowest BCUT2D eigenvalue weighted by molar-refractivity contribution is 0.00578. The molecule has 2 N–H and O–H groups in total. The molecule has 5 heteroatoms. The Balaban J connectivity index is 2.06. The van der Waals surface area contributed by atoms with E-state index in [-0.39, 0.29) is 30.3 Å². The molecular formula is C11H21BN2O2. The summed E-state index contributed by atoms with van der Waals surface area (Å²) in [5.41, 5.74) is 5.20. The third-order valence-electron chi connectivity index (χ3n) is 3.89. The summed E-state index contributed by atoms with van der Waals surface area (Å²) in [4.78, 5) is 4.24. The summed E-state index contributed by atoms with van der Waals surface area (Å²) in [7, 11) is -0.179. The molecule has 0 radical (unpaired) electrons. The van der Waals surface area contributed by atoms with Gasteiger partial charge in [-0.1, -0.05) is 0 Å². The Hall–Kier alpha value is -0.385. The minimum Gasteiger partial charge on any atom is -0.403 e. The zero-order chi connectivity index (χ0) is 12.0. The van der Waals surface area contributed by atoms with E-state index in [0.717, 1.165) is 12.8 Å². The van der Waals surface area contributed by atoms with Crippen molar-refractivity contribution < 1.29 is 9.31 Å². The average molecular weight is 224 g/mol. The molecule has 0 spiro atoms. The summed E-state index contributed by atoms with van der Waals surface area (Å²) in [6, 6.07) is 0. The molecule has 2 unspecified atom stereocenters. The first kappa shape index (κ1) is 12.1. The van der Waals surface area contributed by atoms with E-state index in [0.29, 0.717) is 0 Å². The highest BCUT2D eigenvalue weighted by atomic mass is 16.7. The molecule has 2 rings (SSSR count). The van der Waals surface area contributed by atoms with E-state index < -0.39 is 0 Å². The molecule has 1 saturated heterocycles. The van der Waals surface area contributed by atoms with Crippen LogP contribution in [-0.2, 0) is 9.31 Å². The highest BCUT2D eigenvalue weighted by Crippen LogP contribution is 2.41. The molecule has 1 fully saturated rings. The summed E-state index contributed by atoms with van der Waals surface area (Å²) in [6.07, 6.45) is 3.75. The quantitative estimate of drug-likeness (QED) is 0.688. The molecule has 16 heavy (non-hydrogen) atoms. The second-order valence-electron chi connectivity index (χ2n) is 5.73. The maximum absolute atomic E-state index is 5.98. The van der Waals surface area contributed by atoms with Crippen LogP contribution in [0.5, 0.6) is 0 Å². The maximum atomic E-state index is 5.98. The van der Waals surface area contributed by atoms with Gasteiger partial charge in [-0.3, -0.25) is 4.99 Å². The second kappa shape index (κ2) is 3.82. The average Bonchev–Trinajstić information content (AvgIpc) is 2.37. The summed E-state index contributed by atoms with van der Waals surface area (Å²) < 4.78 is 12.0. The van der Waals surface area contributed by atoms with Gasteiger partial charge in [-0.05, 0) is 40.5 Å². The first-order chi connectivity index (χ1) is 7.32. The van der Waals surface area contributed by atoms with Crippen LogP contribution >= 0.6 is 0 Å². The molecule has 4 nitrogen and oxygen atoms in total. The van der Waals surface area contributed by atoms with Crippen LogP contribution in [0.2, 0.25) is 5.82 Å². The molecule has 0 aliphatic carbocycles. The molecule has 2 heterocycles. The van der Waals surface area contributed by atoms with Crippen molar-refractivity contribution in [2.24, 2.45) is 10.7 Å². The Bertz CT molecular complexity index is 288. The zero-order valence-corrected chi connectivity index (χ0v) is 10.6. The molecule has 0 aromatic carbocycles. The molecule has 0 aromatic heterocycles. The fourth-order valence-corrected chi connectivity index (χ4v) is 2.00. The SMILES string of the molecule is CC1(C)OB(C2C=NC(N)CC2)OC1(C)C. The molecule has 0 aromatic rings. The first-order valence-electron chi connectivity index (χ1n) is 5.96. The third kappa shape index (κ3) is 2.04. The van der Waals surface area contributed by atoms with E-state index in [1.165, 1.54) is 0 Å². The third-order valence-corrected chi connectivity index (χ3v) is 3.89. The van der Waals surface area contributed by atoms with Gasteiger partial charge in [0.2, 0.25) is 0 Å². The van der Waals surface area contributed by atoms with Gasteiger partial charge >= 0.3 is 7.12 Å². The lowest BCUT2D eigenvalue weighted by Gasteiger charge is -2.32. The van der Waals surface area contributed by atoms with Gasteiger partial charge in [0.1, 0.15) is 0 Å². The van der Waals surface area contributed by atoms with Crippen LogP contribution < -0.4 is 5.73 Å². The number of hydrogen-bond donors (Lipinski definition) is 1. The van der Waals surface area contributed by atoms with E-state index in [4.69, 9.17) is 15.0 Å².